The van der Waals surface area contributed by atoms with E-state index in [4.69, 9.17) is 0 Å². The van der Waals surface area contributed by atoms with Crippen LogP contribution in [0, 0.1) is 0 Å². The van der Waals surface area contributed by atoms with E-state index in [-0.39, 0.29) is 7.43 Å². The van der Waals surface area contributed by atoms with E-state index in [1.807, 2.05) is 24.5 Å². The molecule has 5 rings (SSSR count). The molecule has 0 aliphatic heterocycles. The van der Waals surface area contributed by atoms with Crippen LogP contribution in [0.3, 0.4) is 0 Å². The molecule has 2 aromatic heterocycles. The molecule has 0 amide bonds. The number of nitrogens with zero attached hydrogens (tertiary/aromatic N) is 2. The molecule has 130 valence electrons. The zero-order valence-corrected chi connectivity index (χ0v) is 14.1. The van der Waals surface area contributed by atoms with Crippen molar-refractivity contribution in [2.45, 2.75) is 7.43 Å². The molecule has 0 spiro atoms. The van der Waals surface area contributed by atoms with Crippen molar-refractivity contribution in [2.24, 2.45) is 0 Å². The molecule has 0 unspecified atom stereocenters. The van der Waals surface area contributed by atoms with E-state index in [9.17, 15) is 0 Å². The van der Waals surface area contributed by atoms with Gasteiger partial charge in [-0.3, -0.25) is 9.97 Å². The normalized spacial score (nSPS) is 10.7. The second-order valence-corrected chi connectivity index (χ2v) is 6.31. The minimum atomic E-state index is 0. The second-order valence-electron chi connectivity index (χ2n) is 6.31. The van der Waals surface area contributed by atoms with Crippen LogP contribution in [0.2, 0.25) is 0 Å². The third-order valence-corrected chi connectivity index (χ3v) is 4.79. The van der Waals surface area contributed by atoms with Crippen LogP contribution >= 0.6 is 0 Å². The molecule has 3 aromatic carbocycles. The van der Waals surface area contributed by atoms with Gasteiger partial charge < -0.3 is 0 Å². The van der Waals surface area contributed by atoms with Gasteiger partial charge in [0.25, 0.3) is 0 Å². The molecule has 27 heavy (non-hydrogen) atoms. The minimum absolute atomic E-state index is 0. The van der Waals surface area contributed by atoms with Gasteiger partial charge in [-0.15, -0.1) is 0 Å². The lowest BCUT2D eigenvalue weighted by molar-refractivity contribution is 1.37. The zero-order chi connectivity index (χ0) is 17.3. The maximum Gasteiger partial charge on any atom is 0.0970 e. The summed E-state index contributed by atoms with van der Waals surface area (Å²) in [6, 6.07) is 29.3. The molecule has 2 heterocycles. The van der Waals surface area contributed by atoms with Crippen molar-refractivity contribution in [3.63, 3.8) is 0 Å². The van der Waals surface area contributed by atoms with Crippen molar-refractivity contribution in [1.29, 1.82) is 0 Å². The lowest BCUT2D eigenvalue weighted by Gasteiger charge is -2.11. The molecule has 0 radical (unpaired) electrons. The van der Waals surface area contributed by atoms with Crippen LogP contribution in [-0.2, 0) is 0 Å². The predicted molar refractivity (Wildman–Crippen MR) is 115 cm³/mol. The molecule has 0 saturated carbocycles. The second kappa shape index (κ2) is 7.00. The molecular weight excluding hydrogens is 328 g/mol. The van der Waals surface area contributed by atoms with Gasteiger partial charge in [0.05, 0.1) is 11.0 Å². The van der Waals surface area contributed by atoms with Crippen LogP contribution in [0.4, 0.5) is 0 Å². The summed E-state index contributed by atoms with van der Waals surface area (Å²) in [4.78, 5) is 9.34. The Morgan fingerprint density at radius 1 is 0.444 bits per heavy atom. The van der Waals surface area contributed by atoms with Crippen molar-refractivity contribution in [1.82, 2.24) is 9.97 Å². The summed E-state index contributed by atoms with van der Waals surface area (Å²) >= 11 is 0. The van der Waals surface area contributed by atoms with E-state index in [0.29, 0.717) is 0 Å². The van der Waals surface area contributed by atoms with Gasteiger partial charge in [0.15, 0.2) is 0 Å². The van der Waals surface area contributed by atoms with Crippen LogP contribution in [0.1, 0.15) is 7.43 Å². The fraction of sp³-hybridized carbons (Fsp3) is 0.0400. The molecule has 0 bridgehead atoms. The summed E-state index contributed by atoms with van der Waals surface area (Å²) in [6.07, 6.45) is 3.75. The van der Waals surface area contributed by atoms with E-state index in [2.05, 4.69) is 82.8 Å². The van der Waals surface area contributed by atoms with E-state index in [0.717, 1.165) is 21.8 Å². The van der Waals surface area contributed by atoms with E-state index in [1.54, 1.807) is 0 Å². The Hall–Kier alpha value is -3.52. The summed E-state index contributed by atoms with van der Waals surface area (Å²) < 4.78 is 0. The van der Waals surface area contributed by atoms with Crippen LogP contribution in [0.5, 0.6) is 0 Å². The maximum absolute atomic E-state index is 4.67. The summed E-state index contributed by atoms with van der Waals surface area (Å²) in [6.45, 7) is 0. The molecule has 0 saturated heterocycles. The first-order valence-electron chi connectivity index (χ1n) is 8.69. The number of hydrogen-bond donors (Lipinski definition) is 0. The van der Waals surface area contributed by atoms with Crippen LogP contribution < -0.4 is 0 Å². The number of fused-ring (bicyclic) bond motifs is 3. The van der Waals surface area contributed by atoms with Crippen LogP contribution in [0.15, 0.2) is 97.3 Å². The topological polar surface area (TPSA) is 25.8 Å². The Balaban J connectivity index is 0.00000180. The molecule has 0 N–H and O–H groups in total. The SMILES string of the molecule is C.c1ccc(-c2ccnc3c2ccc2c(-c4ccccc4)ccnc23)cc1. The standard InChI is InChI=1S/C24H16N2.CH4/c1-3-7-17(8-4-1)19-13-15-25-23-21(19)11-12-22-20(14-16-26-24(22)23)18-9-5-2-6-10-18;/h1-16H;1H4. The summed E-state index contributed by atoms with van der Waals surface area (Å²) in [5, 5.41) is 2.26. The molecule has 2 nitrogen and oxygen atoms in total. The summed E-state index contributed by atoms with van der Waals surface area (Å²) in [5.74, 6) is 0. The predicted octanol–water partition coefficient (Wildman–Crippen LogP) is 6.75. The molecule has 0 atom stereocenters. The molecule has 0 aliphatic rings. The number of hydrogen-bond acceptors (Lipinski definition) is 2. The molecule has 2 heteroatoms. The molecular formula is C25H20N2. The van der Waals surface area contributed by atoms with Gasteiger partial charge in [0.2, 0.25) is 0 Å². The average molecular weight is 348 g/mol. The van der Waals surface area contributed by atoms with E-state index < -0.39 is 0 Å². The van der Waals surface area contributed by atoms with Crippen LogP contribution in [0.25, 0.3) is 44.1 Å². The van der Waals surface area contributed by atoms with Crippen molar-refractivity contribution < 1.29 is 0 Å². The number of benzene rings is 3. The number of pyridine rings is 2. The van der Waals surface area contributed by atoms with E-state index in [1.165, 1.54) is 22.3 Å². The highest BCUT2D eigenvalue weighted by molar-refractivity contribution is 6.11. The summed E-state index contributed by atoms with van der Waals surface area (Å²) in [5.41, 5.74) is 6.65. The lowest BCUT2D eigenvalue weighted by Crippen LogP contribution is -1.90. The van der Waals surface area contributed by atoms with Gasteiger partial charge in [-0.05, 0) is 34.4 Å². The number of aromatic nitrogens is 2. The van der Waals surface area contributed by atoms with Gasteiger partial charge in [0.1, 0.15) is 0 Å². The lowest BCUT2D eigenvalue weighted by atomic mass is 9.97. The first-order chi connectivity index (χ1) is 12.9. The highest BCUT2D eigenvalue weighted by Gasteiger charge is 2.11. The minimum Gasteiger partial charge on any atom is -0.254 e. The first kappa shape index (κ1) is 16.9. The van der Waals surface area contributed by atoms with Gasteiger partial charge in [-0.25, -0.2) is 0 Å². The van der Waals surface area contributed by atoms with Crippen molar-refractivity contribution in [2.75, 3.05) is 0 Å². The smallest absolute Gasteiger partial charge is 0.0970 e. The largest absolute Gasteiger partial charge is 0.254 e. The molecule has 0 fully saturated rings. The molecule has 5 aromatic rings. The van der Waals surface area contributed by atoms with Crippen LogP contribution in [-0.4, -0.2) is 9.97 Å². The Bertz CT molecular complexity index is 1110. The highest BCUT2D eigenvalue weighted by atomic mass is 14.7. The fourth-order valence-electron chi connectivity index (χ4n) is 3.57. The van der Waals surface area contributed by atoms with Gasteiger partial charge in [0, 0.05) is 23.2 Å². The van der Waals surface area contributed by atoms with E-state index >= 15 is 0 Å². The first-order valence-corrected chi connectivity index (χ1v) is 8.69. The van der Waals surface area contributed by atoms with Crippen molar-refractivity contribution in [3.05, 3.63) is 97.3 Å². The summed E-state index contributed by atoms with van der Waals surface area (Å²) in [7, 11) is 0. The quantitative estimate of drug-likeness (QED) is 0.330. The van der Waals surface area contributed by atoms with Gasteiger partial charge in [-0.2, -0.15) is 0 Å². The number of rotatable bonds is 2. The monoisotopic (exact) mass is 348 g/mol. The third kappa shape index (κ3) is 2.85. The third-order valence-electron chi connectivity index (χ3n) is 4.79. The molecule has 0 aliphatic carbocycles. The fourth-order valence-corrected chi connectivity index (χ4v) is 3.57. The average Bonchev–Trinajstić information content (AvgIpc) is 2.74. The zero-order valence-electron chi connectivity index (χ0n) is 14.1. The van der Waals surface area contributed by atoms with Gasteiger partial charge >= 0.3 is 0 Å². The Labute approximate surface area is 159 Å². The Morgan fingerprint density at radius 3 is 1.26 bits per heavy atom. The van der Waals surface area contributed by atoms with Crippen molar-refractivity contribution >= 4 is 21.8 Å². The Kier molecular flexibility index (Phi) is 4.39. The Morgan fingerprint density at radius 2 is 0.852 bits per heavy atom. The van der Waals surface area contributed by atoms with Crippen molar-refractivity contribution in [3.8, 4) is 22.3 Å². The highest BCUT2D eigenvalue weighted by Crippen LogP contribution is 2.34. The van der Waals surface area contributed by atoms with Gasteiger partial charge in [-0.1, -0.05) is 80.2 Å². The maximum atomic E-state index is 4.67.